The molecule has 0 amide bonds. The van der Waals surface area contributed by atoms with Crippen molar-refractivity contribution < 1.29 is 0 Å². The number of rotatable bonds is 2. The second-order valence-electron chi connectivity index (χ2n) is 5.56. The van der Waals surface area contributed by atoms with Gasteiger partial charge in [0.25, 0.3) is 0 Å². The number of hydrogen-bond donors (Lipinski definition) is 1. The number of nitrogens with one attached hydrogen (secondary N) is 1. The first-order chi connectivity index (χ1) is 9.38. The van der Waals surface area contributed by atoms with Crippen molar-refractivity contribution in [2.45, 2.75) is 31.7 Å². The fourth-order valence-corrected chi connectivity index (χ4v) is 3.40. The molecule has 2 saturated heterocycles. The van der Waals surface area contributed by atoms with Crippen LogP contribution in [0.3, 0.4) is 0 Å². The van der Waals surface area contributed by atoms with E-state index in [0.29, 0.717) is 12.0 Å². The van der Waals surface area contributed by atoms with Gasteiger partial charge in [0.2, 0.25) is 0 Å². The summed E-state index contributed by atoms with van der Waals surface area (Å²) in [6.07, 6.45) is 8.65. The zero-order chi connectivity index (χ0) is 13.1. The quantitative estimate of drug-likeness (QED) is 0.878. The van der Waals surface area contributed by atoms with E-state index in [4.69, 9.17) is 0 Å². The molecule has 1 aromatic heterocycles. The summed E-state index contributed by atoms with van der Waals surface area (Å²) < 4.78 is 0. The van der Waals surface area contributed by atoms with Crippen molar-refractivity contribution in [3.63, 3.8) is 0 Å². The monoisotopic (exact) mass is 256 g/mol. The molecular formula is C15H20N4. The smallest absolute Gasteiger partial charge is 0.101 e. The summed E-state index contributed by atoms with van der Waals surface area (Å²) in [5, 5.41) is 12.8. The van der Waals surface area contributed by atoms with Gasteiger partial charge >= 0.3 is 0 Å². The van der Waals surface area contributed by atoms with E-state index in [1.54, 1.807) is 6.20 Å². The Hall–Kier alpha value is -1.60. The molecular weight excluding hydrogens is 236 g/mol. The number of piperidine rings is 1. The molecule has 19 heavy (non-hydrogen) atoms. The lowest BCUT2D eigenvalue weighted by Gasteiger charge is -2.37. The molecule has 1 N–H and O–H groups in total. The fraction of sp³-hybridized carbons (Fsp3) is 0.600. The van der Waals surface area contributed by atoms with E-state index in [-0.39, 0.29) is 0 Å². The average Bonchev–Trinajstić information content (AvgIpc) is 3.01. The Bertz CT molecular complexity index is 473. The molecule has 3 rings (SSSR count). The van der Waals surface area contributed by atoms with E-state index in [1.807, 2.05) is 12.3 Å². The summed E-state index contributed by atoms with van der Waals surface area (Å²) in [5.41, 5.74) is 1.75. The van der Waals surface area contributed by atoms with Gasteiger partial charge in [-0.15, -0.1) is 0 Å². The summed E-state index contributed by atoms with van der Waals surface area (Å²) in [6, 6.07) is 4.76. The molecule has 0 radical (unpaired) electrons. The Morgan fingerprint density at radius 1 is 1.37 bits per heavy atom. The molecule has 0 saturated carbocycles. The van der Waals surface area contributed by atoms with Crippen LogP contribution in [0.25, 0.3) is 0 Å². The molecule has 2 atom stereocenters. The highest BCUT2D eigenvalue weighted by atomic mass is 15.2. The van der Waals surface area contributed by atoms with Gasteiger partial charge < -0.3 is 10.2 Å². The molecule has 0 aromatic carbocycles. The first-order valence-electron chi connectivity index (χ1n) is 7.21. The third-order valence-corrected chi connectivity index (χ3v) is 4.39. The molecule has 3 heterocycles. The van der Waals surface area contributed by atoms with Crippen LogP contribution in [0.1, 0.15) is 31.2 Å². The number of nitriles is 1. The van der Waals surface area contributed by atoms with Gasteiger partial charge in [0.1, 0.15) is 6.07 Å². The van der Waals surface area contributed by atoms with Crippen LogP contribution in [-0.2, 0) is 0 Å². The lowest BCUT2D eigenvalue weighted by atomic mass is 9.89. The number of hydrogen-bond acceptors (Lipinski definition) is 4. The largest absolute Gasteiger partial charge is 0.369 e. The van der Waals surface area contributed by atoms with Crippen molar-refractivity contribution in [1.82, 2.24) is 10.3 Å². The fourth-order valence-electron chi connectivity index (χ4n) is 3.40. The molecule has 0 spiro atoms. The lowest BCUT2D eigenvalue weighted by Crippen LogP contribution is -2.43. The normalized spacial score (nSPS) is 27.2. The third kappa shape index (κ3) is 2.57. The number of aromatic nitrogens is 1. The second kappa shape index (κ2) is 5.58. The molecule has 2 unspecified atom stereocenters. The predicted octanol–water partition coefficient (Wildman–Crippen LogP) is 1.92. The molecule has 4 nitrogen and oxygen atoms in total. The molecule has 100 valence electrons. The summed E-state index contributed by atoms with van der Waals surface area (Å²) in [6.45, 7) is 3.26. The zero-order valence-corrected chi connectivity index (χ0v) is 11.2. The van der Waals surface area contributed by atoms with Gasteiger partial charge in [0.15, 0.2) is 0 Å². The molecule has 2 aliphatic rings. The molecule has 2 aliphatic heterocycles. The van der Waals surface area contributed by atoms with Crippen LogP contribution in [0.5, 0.6) is 0 Å². The highest BCUT2D eigenvalue weighted by Crippen LogP contribution is 2.29. The molecule has 2 fully saturated rings. The van der Waals surface area contributed by atoms with Crippen molar-refractivity contribution in [2.24, 2.45) is 5.92 Å². The second-order valence-corrected chi connectivity index (χ2v) is 5.56. The Morgan fingerprint density at radius 3 is 3.11 bits per heavy atom. The Labute approximate surface area is 114 Å². The number of anilines is 1. The third-order valence-electron chi connectivity index (χ3n) is 4.39. The summed E-state index contributed by atoms with van der Waals surface area (Å²) in [7, 11) is 0. The SMILES string of the molecule is N#Cc1ccncc1N1CCCC(C2CCCN2)C1. The maximum absolute atomic E-state index is 9.21. The van der Waals surface area contributed by atoms with Gasteiger partial charge in [0, 0.05) is 25.3 Å². The Balaban J connectivity index is 1.76. The van der Waals surface area contributed by atoms with Crippen molar-refractivity contribution in [3.8, 4) is 6.07 Å². The van der Waals surface area contributed by atoms with Crippen molar-refractivity contribution in [3.05, 3.63) is 24.0 Å². The van der Waals surface area contributed by atoms with Crippen LogP contribution in [0.4, 0.5) is 5.69 Å². The maximum atomic E-state index is 9.21. The van der Waals surface area contributed by atoms with E-state index in [1.165, 1.54) is 25.7 Å². The maximum Gasteiger partial charge on any atom is 0.101 e. The van der Waals surface area contributed by atoms with E-state index in [9.17, 15) is 5.26 Å². The average molecular weight is 256 g/mol. The highest BCUT2D eigenvalue weighted by Gasteiger charge is 2.29. The van der Waals surface area contributed by atoms with Gasteiger partial charge in [-0.1, -0.05) is 0 Å². The summed E-state index contributed by atoms with van der Waals surface area (Å²) in [5.74, 6) is 0.711. The Morgan fingerprint density at radius 2 is 2.32 bits per heavy atom. The van der Waals surface area contributed by atoms with Gasteiger partial charge in [-0.2, -0.15) is 5.26 Å². The summed E-state index contributed by atoms with van der Waals surface area (Å²) in [4.78, 5) is 6.53. The van der Waals surface area contributed by atoms with Crippen molar-refractivity contribution in [1.29, 1.82) is 5.26 Å². The minimum atomic E-state index is 0.671. The van der Waals surface area contributed by atoms with E-state index in [2.05, 4.69) is 21.3 Å². The van der Waals surface area contributed by atoms with Crippen LogP contribution in [-0.4, -0.2) is 30.7 Å². The first-order valence-corrected chi connectivity index (χ1v) is 7.21. The van der Waals surface area contributed by atoms with Crippen LogP contribution in [0.15, 0.2) is 18.5 Å². The molecule has 0 bridgehead atoms. The highest BCUT2D eigenvalue weighted by molar-refractivity contribution is 5.57. The topological polar surface area (TPSA) is 52.0 Å². The van der Waals surface area contributed by atoms with Gasteiger partial charge in [-0.3, -0.25) is 4.98 Å². The van der Waals surface area contributed by atoms with E-state index >= 15 is 0 Å². The van der Waals surface area contributed by atoms with E-state index in [0.717, 1.165) is 30.9 Å². The van der Waals surface area contributed by atoms with Crippen LogP contribution in [0, 0.1) is 17.2 Å². The van der Waals surface area contributed by atoms with E-state index < -0.39 is 0 Å². The van der Waals surface area contributed by atoms with Crippen LogP contribution in [0.2, 0.25) is 0 Å². The lowest BCUT2D eigenvalue weighted by molar-refractivity contribution is 0.328. The van der Waals surface area contributed by atoms with Gasteiger partial charge in [0.05, 0.1) is 17.4 Å². The molecule has 4 heteroatoms. The summed E-state index contributed by atoms with van der Waals surface area (Å²) >= 11 is 0. The number of nitrogens with zero attached hydrogens (tertiary/aromatic N) is 3. The number of pyridine rings is 1. The van der Waals surface area contributed by atoms with Gasteiger partial charge in [-0.25, -0.2) is 0 Å². The minimum absolute atomic E-state index is 0.671. The molecule has 1 aromatic rings. The predicted molar refractivity (Wildman–Crippen MR) is 74.9 cm³/mol. The minimum Gasteiger partial charge on any atom is -0.369 e. The first kappa shape index (κ1) is 12.4. The van der Waals surface area contributed by atoms with Crippen molar-refractivity contribution >= 4 is 5.69 Å². The standard InChI is InChI=1S/C15H20N4/c16-9-12-5-7-17-10-15(12)19-8-2-3-13(11-19)14-4-1-6-18-14/h5,7,10,13-14,18H,1-4,6,8,11H2. The van der Waals surface area contributed by atoms with Crippen molar-refractivity contribution in [2.75, 3.05) is 24.5 Å². The zero-order valence-electron chi connectivity index (χ0n) is 11.2. The van der Waals surface area contributed by atoms with Crippen LogP contribution < -0.4 is 10.2 Å². The van der Waals surface area contributed by atoms with Crippen LogP contribution >= 0.6 is 0 Å². The Kier molecular flexibility index (Phi) is 3.65. The molecule has 0 aliphatic carbocycles. The van der Waals surface area contributed by atoms with Gasteiger partial charge in [-0.05, 0) is 44.2 Å².